The summed E-state index contributed by atoms with van der Waals surface area (Å²) in [7, 11) is 1.49. The van der Waals surface area contributed by atoms with Crippen molar-refractivity contribution in [1.29, 1.82) is 0 Å². The molecule has 2 aromatic rings. The van der Waals surface area contributed by atoms with Crippen LogP contribution in [-0.2, 0) is 6.18 Å². The summed E-state index contributed by atoms with van der Waals surface area (Å²) in [6.07, 6.45) is -4.55. The Morgan fingerprint density at radius 2 is 1.81 bits per heavy atom. The Morgan fingerprint density at radius 1 is 1.14 bits per heavy atom. The average Bonchev–Trinajstić information content (AvgIpc) is 2.42. The Labute approximate surface area is 124 Å². The Bertz CT molecular complexity index is 659. The summed E-state index contributed by atoms with van der Waals surface area (Å²) < 4.78 is 43.3. The van der Waals surface area contributed by atoms with E-state index in [1.165, 1.54) is 7.11 Å². The van der Waals surface area contributed by atoms with Gasteiger partial charge in [0.15, 0.2) is 0 Å². The average molecular weight is 317 g/mol. The molecule has 3 N–H and O–H groups in total. The second kappa shape index (κ2) is 5.73. The third-order valence-electron chi connectivity index (χ3n) is 2.82. The first-order chi connectivity index (χ1) is 9.82. The standard InChI is InChI=1S/C14H12ClF3N2O/c1-21-13-5-3-2-4-11(13)20-12-7-9(15)8(6-10(12)19)14(16,17)18/h2-7,20H,19H2,1H3. The van der Waals surface area contributed by atoms with E-state index in [1.807, 2.05) is 0 Å². The number of rotatable bonds is 3. The van der Waals surface area contributed by atoms with Crippen molar-refractivity contribution >= 4 is 28.7 Å². The number of methoxy groups -OCH3 is 1. The summed E-state index contributed by atoms with van der Waals surface area (Å²) in [5.41, 5.74) is 5.49. The molecule has 0 bridgehead atoms. The number of nitrogens with two attached hydrogens (primary N) is 1. The molecule has 0 saturated heterocycles. The number of halogens is 4. The molecule has 0 spiro atoms. The first-order valence-corrected chi connectivity index (χ1v) is 6.27. The number of benzene rings is 2. The van der Waals surface area contributed by atoms with Crippen LogP contribution in [0.5, 0.6) is 5.75 Å². The first-order valence-electron chi connectivity index (χ1n) is 5.89. The van der Waals surface area contributed by atoms with Gasteiger partial charge in [-0.15, -0.1) is 0 Å². The molecule has 0 heterocycles. The minimum Gasteiger partial charge on any atom is -0.495 e. The van der Waals surface area contributed by atoms with Crippen LogP contribution in [-0.4, -0.2) is 7.11 Å². The van der Waals surface area contributed by atoms with Gasteiger partial charge < -0.3 is 15.8 Å². The van der Waals surface area contributed by atoms with Crippen LogP contribution in [0.15, 0.2) is 36.4 Å². The number of hydrogen-bond acceptors (Lipinski definition) is 3. The lowest BCUT2D eigenvalue weighted by atomic mass is 10.1. The number of hydrogen-bond donors (Lipinski definition) is 2. The van der Waals surface area contributed by atoms with Gasteiger partial charge in [-0.25, -0.2) is 0 Å². The predicted octanol–water partition coefficient (Wildman–Crippen LogP) is 4.69. The molecule has 0 amide bonds. The lowest BCUT2D eigenvalue weighted by Crippen LogP contribution is -2.08. The van der Waals surface area contributed by atoms with Gasteiger partial charge in [0.2, 0.25) is 0 Å². The van der Waals surface area contributed by atoms with Crippen LogP contribution in [0.2, 0.25) is 5.02 Å². The van der Waals surface area contributed by atoms with Gasteiger partial charge in [0.25, 0.3) is 0 Å². The lowest BCUT2D eigenvalue weighted by molar-refractivity contribution is -0.137. The molecule has 0 aromatic heterocycles. The van der Waals surface area contributed by atoms with E-state index in [4.69, 9.17) is 22.1 Å². The molecule has 0 saturated carbocycles. The van der Waals surface area contributed by atoms with Gasteiger partial charge in [-0.2, -0.15) is 13.2 Å². The molecule has 0 radical (unpaired) electrons. The Morgan fingerprint density at radius 3 is 2.43 bits per heavy atom. The molecule has 2 rings (SSSR count). The number of nitrogen functional groups attached to an aromatic ring is 1. The van der Waals surface area contributed by atoms with Crippen LogP contribution in [0, 0.1) is 0 Å². The molecule has 0 atom stereocenters. The van der Waals surface area contributed by atoms with E-state index in [2.05, 4.69) is 5.32 Å². The van der Waals surface area contributed by atoms with Crippen LogP contribution in [0.3, 0.4) is 0 Å². The molecule has 21 heavy (non-hydrogen) atoms. The second-order valence-electron chi connectivity index (χ2n) is 4.24. The van der Waals surface area contributed by atoms with Crippen molar-refractivity contribution < 1.29 is 17.9 Å². The SMILES string of the molecule is COc1ccccc1Nc1cc(Cl)c(C(F)(F)F)cc1N. The lowest BCUT2D eigenvalue weighted by Gasteiger charge is -2.16. The van der Waals surface area contributed by atoms with Gasteiger partial charge in [-0.3, -0.25) is 0 Å². The van der Waals surface area contributed by atoms with E-state index in [0.717, 1.165) is 12.1 Å². The Hall–Kier alpha value is -2.08. The largest absolute Gasteiger partial charge is 0.495 e. The van der Waals surface area contributed by atoms with Gasteiger partial charge in [0.05, 0.1) is 34.8 Å². The van der Waals surface area contributed by atoms with E-state index in [0.29, 0.717) is 11.4 Å². The van der Waals surface area contributed by atoms with E-state index in [-0.39, 0.29) is 11.4 Å². The van der Waals surface area contributed by atoms with Crippen LogP contribution in [0.1, 0.15) is 5.56 Å². The van der Waals surface area contributed by atoms with Crippen LogP contribution in [0.25, 0.3) is 0 Å². The number of para-hydroxylation sites is 2. The van der Waals surface area contributed by atoms with Crippen molar-refractivity contribution in [3.8, 4) is 5.75 Å². The van der Waals surface area contributed by atoms with E-state index < -0.39 is 16.8 Å². The number of alkyl halides is 3. The van der Waals surface area contributed by atoms with Gasteiger partial charge in [-0.05, 0) is 24.3 Å². The molecule has 112 valence electrons. The minimum atomic E-state index is -4.55. The summed E-state index contributed by atoms with van der Waals surface area (Å²) in [5.74, 6) is 0.535. The molecule has 3 nitrogen and oxygen atoms in total. The van der Waals surface area contributed by atoms with Crippen LogP contribution in [0.4, 0.5) is 30.2 Å². The fourth-order valence-electron chi connectivity index (χ4n) is 1.81. The zero-order valence-electron chi connectivity index (χ0n) is 11.0. The Balaban J connectivity index is 2.40. The molecule has 2 aromatic carbocycles. The van der Waals surface area contributed by atoms with Crippen LogP contribution >= 0.6 is 11.6 Å². The van der Waals surface area contributed by atoms with Crippen molar-refractivity contribution in [3.63, 3.8) is 0 Å². The summed E-state index contributed by atoms with van der Waals surface area (Å²) in [5, 5.41) is 2.49. The van der Waals surface area contributed by atoms with Gasteiger partial charge >= 0.3 is 6.18 Å². The summed E-state index contributed by atoms with van der Waals surface area (Å²) >= 11 is 5.68. The van der Waals surface area contributed by atoms with Gasteiger partial charge in [-0.1, -0.05) is 23.7 Å². The van der Waals surface area contributed by atoms with E-state index in [1.54, 1.807) is 24.3 Å². The summed E-state index contributed by atoms with van der Waals surface area (Å²) in [6.45, 7) is 0. The topological polar surface area (TPSA) is 47.3 Å². The highest BCUT2D eigenvalue weighted by atomic mass is 35.5. The van der Waals surface area contributed by atoms with Crippen molar-refractivity contribution in [2.45, 2.75) is 6.18 Å². The molecule has 0 unspecified atom stereocenters. The highest BCUT2D eigenvalue weighted by Crippen LogP contribution is 2.40. The molecule has 7 heteroatoms. The van der Waals surface area contributed by atoms with Gasteiger partial charge in [0, 0.05) is 0 Å². The van der Waals surface area contributed by atoms with Crippen molar-refractivity contribution in [2.24, 2.45) is 0 Å². The van der Waals surface area contributed by atoms with E-state index in [9.17, 15) is 13.2 Å². The fraction of sp³-hybridized carbons (Fsp3) is 0.143. The van der Waals surface area contributed by atoms with Crippen LogP contribution < -0.4 is 15.8 Å². The maximum atomic E-state index is 12.7. The normalized spacial score (nSPS) is 11.3. The third kappa shape index (κ3) is 3.33. The van der Waals surface area contributed by atoms with Crippen molar-refractivity contribution in [2.75, 3.05) is 18.2 Å². The highest BCUT2D eigenvalue weighted by Gasteiger charge is 2.33. The Kier molecular flexibility index (Phi) is 4.18. The zero-order chi connectivity index (χ0) is 15.6. The molecule has 0 aliphatic rings. The molecule has 0 fully saturated rings. The molecule has 0 aliphatic carbocycles. The number of nitrogens with one attached hydrogen (secondary N) is 1. The maximum Gasteiger partial charge on any atom is 0.417 e. The smallest absolute Gasteiger partial charge is 0.417 e. The molecule has 0 aliphatic heterocycles. The summed E-state index contributed by atoms with van der Waals surface area (Å²) in [4.78, 5) is 0. The van der Waals surface area contributed by atoms with Crippen molar-refractivity contribution in [1.82, 2.24) is 0 Å². The summed E-state index contributed by atoms with van der Waals surface area (Å²) in [6, 6.07) is 8.90. The van der Waals surface area contributed by atoms with E-state index >= 15 is 0 Å². The fourth-order valence-corrected chi connectivity index (χ4v) is 2.08. The maximum absolute atomic E-state index is 12.7. The van der Waals surface area contributed by atoms with Crippen molar-refractivity contribution in [3.05, 3.63) is 47.0 Å². The first kappa shape index (κ1) is 15.3. The number of ether oxygens (including phenoxy) is 1. The minimum absolute atomic E-state index is 0.0577. The number of anilines is 3. The quantitative estimate of drug-likeness (QED) is 0.807. The molecular weight excluding hydrogens is 305 g/mol. The third-order valence-corrected chi connectivity index (χ3v) is 3.13. The molecular formula is C14H12ClF3N2O. The predicted molar refractivity (Wildman–Crippen MR) is 77.1 cm³/mol. The monoisotopic (exact) mass is 316 g/mol. The zero-order valence-corrected chi connectivity index (χ0v) is 11.7. The van der Waals surface area contributed by atoms with Gasteiger partial charge in [0.1, 0.15) is 5.75 Å². The highest BCUT2D eigenvalue weighted by molar-refractivity contribution is 6.32. The second-order valence-corrected chi connectivity index (χ2v) is 4.65.